The van der Waals surface area contributed by atoms with Gasteiger partial charge in [0.2, 0.25) is 5.91 Å². The molecule has 3 heteroatoms. The maximum Gasteiger partial charge on any atom is 0.243 e. The van der Waals surface area contributed by atoms with Crippen LogP contribution in [0.25, 0.3) is 6.08 Å². The highest BCUT2D eigenvalue weighted by Gasteiger charge is 2.43. The molecule has 1 fully saturated rings. The molecule has 0 bridgehead atoms. The van der Waals surface area contributed by atoms with Gasteiger partial charge in [-0.1, -0.05) is 78.9 Å². The normalized spacial score (nSPS) is 20.1. The molecule has 126 valence electrons. The Morgan fingerprint density at radius 2 is 1.72 bits per heavy atom. The summed E-state index contributed by atoms with van der Waals surface area (Å²) in [6.07, 6.45) is 8.68. The number of rotatable bonds is 6. The standard InChI is InChI=1S/C22H22N2O/c1-17(10-8-9-13-18-11-4-2-5-12-18)23-24-22(25)21-16-20(21)19-14-6-3-7-15-19/h2-15,20-21H,16H2,1H3,(H,24,25)/b10-8+,13-9+,23-17+/t20-,21-/m1/s1. The van der Waals surface area contributed by atoms with Crippen molar-refractivity contribution in [2.45, 2.75) is 19.3 Å². The summed E-state index contributed by atoms with van der Waals surface area (Å²) >= 11 is 0. The molecule has 2 aromatic rings. The van der Waals surface area contributed by atoms with Gasteiger partial charge in [0.1, 0.15) is 0 Å². The minimum Gasteiger partial charge on any atom is -0.273 e. The molecule has 1 amide bonds. The Labute approximate surface area is 148 Å². The Morgan fingerprint density at radius 3 is 2.44 bits per heavy atom. The van der Waals surface area contributed by atoms with E-state index in [-0.39, 0.29) is 11.8 Å². The molecule has 0 spiro atoms. The van der Waals surface area contributed by atoms with Crippen LogP contribution in [-0.4, -0.2) is 11.6 Å². The molecule has 1 N–H and O–H groups in total. The van der Waals surface area contributed by atoms with Gasteiger partial charge in [0.05, 0.1) is 5.71 Å². The maximum absolute atomic E-state index is 12.2. The number of nitrogens with one attached hydrogen (secondary N) is 1. The zero-order chi connectivity index (χ0) is 17.5. The van der Waals surface area contributed by atoms with Crippen LogP contribution < -0.4 is 5.43 Å². The lowest BCUT2D eigenvalue weighted by molar-refractivity contribution is -0.122. The topological polar surface area (TPSA) is 41.5 Å². The fourth-order valence-corrected chi connectivity index (χ4v) is 2.74. The summed E-state index contributed by atoms with van der Waals surface area (Å²) in [7, 11) is 0. The zero-order valence-corrected chi connectivity index (χ0v) is 14.3. The van der Waals surface area contributed by atoms with E-state index in [4.69, 9.17) is 0 Å². The van der Waals surface area contributed by atoms with E-state index in [0.29, 0.717) is 5.92 Å². The van der Waals surface area contributed by atoms with Crippen LogP contribution in [0.3, 0.4) is 0 Å². The minimum atomic E-state index is 0.00132. The van der Waals surface area contributed by atoms with Crippen molar-refractivity contribution in [1.82, 2.24) is 5.43 Å². The predicted molar refractivity (Wildman–Crippen MR) is 103 cm³/mol. The smallest absolute Gasteiger partial charge is 0.243 e. The van der Waals surface area contributed by atoms with Crippen LogP contribution in [0, 0.1) is 5.92 Å². The molecule has 1 aliphatic carbocycles. The summed E-state index contributed by atoms with van der Waals surface area (Å²) < 4.78 is 0. The van der Waals surface area contributed by atoms with Crippen LogP contribution in [0.5, 0.6) is 0 Å². The molecule has 0 saturated heterocycles. The van der Waals surface area contributed by atoms with E-state index in [9.17, 15) is 4.79 Å². The third-order valence-corrected chi connectivity index (χ3v) is 4.23. The van der Waals surface area contributed by atoms with Crippen molar-refractivity contribution in [3.05, 3.63) is 90.0 Å². The second kappa shape index (κ2) is 8.25. The summed E-state index contributed by atoms with van der Waals surface area (Å²) in [5, 5.41) is 4.15. The second-order valence-electron chi connectivity index (χ2n) is 6.22. The highest BCUT2D eigenvalue weighted by atomic mass is 16.2. The largest absolute Gasteiger partial charge is 0.273 e. The van der Waals surface area contributed by atoms with Crippen molar-refractivity contribution in [3.8, 4) is 0 Å². The van der Waals surface area contributed by atoms with Crippen molar-refractivity contribution < 1.29 is 4.79 Å². The van der Waals surface area contributed by atoms with E-state index in [0.717, 1.165) is 17.7 Å². The number of carbonyl (C=O) groups excluding carboxylic acids is 1. The second-order valence-corrected chi connectivity index (χ2v) is 6.22. The molecular weight excluding hydrogens is 308 g/mol. The molecule has 3 rings (SSSR count). The Bertz CT molecular complexity index is 791. The van der Waals surface area contributed by atoms with Crippen LogP contribution in [0.1, 0.15) is 30.4 Å². The van der Waals surface area contributed by atoms with Gasteiger partial charge in [0, 0.05) is 5.92 Å². The lowest BCUT2D eigenvalue weighted by Crippen LogP contribution is -2.21. The summed E-state index contributed by atoms with van der Waals surface area (Å²) in [5.74, 6) is 0.378. The van der Waals surface area contributed by atoms with Gasteiger partial charge in [-0.25, -0.2) is 5.43 Å². The van der Waals surface area contributed by atoms with Gasteiger partial charge in [0.25, 0.3) is 0 Å². The lowest BCUT2D eigenvalue weighted by Gasteiger charge is -2.00. The quantitative estimate of drug-likeness (QED) is 0.471. The van der Waals surface area contributed by atoms with Crippen LogP contribution in [0.2, 0.25) is 0 Å². The Hall–Kier alpha value is -2.94. The Kier molecular flexibility index (Phi) is 5.57. The number of hydrogen-bond acceptors (Lipinski definition) is 2. The molecule has 3 nitrogen and oxygen atoms in total. The summed E-state index contributed by atoms with van der Waals surface area (Å²) in [5.41, 5.74) is 5.82. The first-order valence-electron chi connectivity index (χ1n) is 8.53. The van der Waals surface area contributed by atoms with E-state index in [2.05, 4.69) is 22.7 Å². The van der Waals surface area contributed by atoms with Gasteiger partial charge >= 0.3 is 0 Å². The number of amides is 1. The Morgan fingerprint density at radius 1 is 1.04 bits per heavy atom. The van der Waals surface area contributed by atoms with Crippen molar-refractivity contribution >= 4 is 17.7 Å². The van der Waals surface area contributed by atoms with Gasteiger partial charge in [-0.15, -0.1) is 0 Å². The number of hydrogen-bond donors (Lipinski definition) is 1. The van der Waals surface area contributed by atoms with Crippen LogP contribution in [-0.2, 0) is 4.79 Å². The summed E-state index contributed by atoms with van der Waals surface area (Å²) in [4.78, 5) is 12.2. The molecule has 0 aromatic heterocycles. The summed E-state index contributed by atoms with van der Waals surface area (Å²) in [6, 6.07) is 20.3. The first-order valence-corrected chi connectivity index (χ1v) is 8.53. The highest BCUT2D eigenvalue weighted by molar-refractivity contribution is 5.94. The summed E-state index contributed by atoms with van der Waals surface area (Å²) in [6.45, 7) is 1.87. The molecule has 0 aliphatic heterocycles. The molecule has 25 heavy (non-hydrogen) atoms. The maximum atomic E-state index is 12.2. The van der Waals surface area contributed by atoms with Crippen molar-refractivity contribution in [3.63, 3.8) is 0 Å². The van der Waals surface area contributed by atoms with Gasteiger partial charge < -0.3 is 0 Å². The molecule has 0 heterocycles. The fraction of sp³-hybridized carbons (Fsp3) is 0.182. The van der Waals surface area contributed by atoms with E-state index in [1.807, 2.05) is 79.8 Å². The van der Waals surface area contributed by atoms with Crippen LogP contribution in [0.4, 0.5) is 0 Å². The van der Waals surface area contributed by atoms with Gasteiger partial charge in [-0.2, -0.15) is 5.10 Å². The molecule has 1 saturated carbocycles. The third kappa shape index (κ3) is 5.01. The molecule has 1 aliphatic rings. The molecule has 2 aromatic carbocycles. The fourth-order valence-electron chi connectivity index (χ4n) is 2.74. The molecular formula is C22H22N2O. The molecule has 0 radical (unpaired) electrons. The number of nitrogens with zero attached hydrogens (tertiary/aromatic N) is 1. The molecule has 0 unspecified atom stereocenters. The average molecular weight is 330 g/mol. The first kappa shape index (κ1) is 16.9. The number of benzene rings is 2. The average Bonchev–Trinajstić information content (AvgIpc) is 3.46. The Balaban J connectivity index is 1.46. The molecule has 2 atom stereocenters. The van der Waals surface area contributed by atoms with Crippen LogP contribution >= 0.6 is 0 Å². The van der Waals surface area contributed by atoms with E-state index < -0.39 is 0 Å². The van der Waals surface area contributed by atoms with Crippen molar-refractivity contribution in [1.29, 1.82) is 0 Å². The number of carbonyl (C=O) groups is 1. The van der Waals surface area contributed by atoms with E-state index in [1.54, 1.807) is 0 Å². The SMILES string of the molecule is CC(/C=C/C=C/c1ccccc1)=N\NC(=O)[C@@H]1C[C@@H]1c1ccccc1. The lowest BCUT2D eigenvalue weighted by atomic mass is 10.1. The predicted octanol–water partition coefficient (Wildman–Crippen LogP) is 4.55. The monoisotopic (exact) mass is 330 g/mol. The van der Waals surface area contributed by atoms with Crippen molar-refractivity contribution in [2.75, 3.05) is 0 Å². The zero-order valence-electron chi connectivity index (χ0n) is 14.3. The number of hydrazone groups is 1. The van der Waals surface area contributed by atoms with Gasteiger partial charge in [0.15, 0.2) is 0 Å². The van der Waals surface area contributed by atoms with Gasteiger partial charge in [-0.3, -0.25) is 4.79 Å². The van der Waals surface area contributed by atoms with Crippen LogP contribution in [0.15, 0.2) is 84.0 Å². The number of allylic oxidation sites excluding steroid dienone is 3. The third-order valence-electron chi connectivity index (χ3n) is 4.23. The highest BCUT2D eigenvalue weighted by Crippen LogP contribution is 2.47. The minimum absolute atomic E-state index is 0.00132. The van der Waals surface area contributed by atoms with Gasteiger partial charge in [-0.05, 0) is 36.5 Å². The van der Waals surface area contributed by atoms with E-state index >= 15 is 0 Å². The van der Waals surface area contributed by atoms with E-state index in [1.165, 1.54) is 5.56 Å². The van der Waals surface area contributed by atoms with Crippen molar-refractivity contribution in [2.24, 2.45) is 11.0 Å². The first-order chi connectivity index (χ1) is 12.2.